The Hall–Kier alpha value is -3.68. The molecule has 31 heavy (non-hydrogen) atoms. The maximum Gasteiger partial charge on any atom is 0.291 e. The van der Waals surface area contributed by atoms with E-state index in [1.54, 1.807) is 24.7 Å². The van der Waals surface area contributed by atoms with Crippen molar-refractivity contribution in [3.05, 3.63) is 71.1 Å². The van der Waals surface area contributed by atoms with Gasteiger partial charge in [0.2, 0.25) is 5.91 Å². The molecule has 0 saturated heterocycles. The third-order valence-electron chi connectivity index (χ3n) is 5.67. The van der Waals surface area contributed by atoms with E-state index in [1.807, 2.05) is 34.6 Å². The zero-order valence-electron chi connectivity index (χ0n) is 17.3. The number of fused-ring (bicyclic) bond motifs is 3. The predicted molar refractivity (Wildman–Crippen MR) is 117 cm³/mol. The molecular weight excluding hydrogens is 394 g/mol. The lowest BCUT2D eigenvalue weighted by Crippen LogP contribution is -2.38. The summed E-state index contributed by atoms with van der Waals surface area (Å²) < 4.78 is 8.92. The van der Waals surface area contributed by atoms with E-state index in [4.69, 9.17) is 4.42 Å². The van der Waals surface area contributed by atoms with Crippen molar-refractivity contribution < 1.29 is 9.21 Å². The van der Waals surface area contributed by atoms with Crippen LogP contribution in [0.3, 0.4) is 0 Å². The minimum absolute atomic E-state index is 0.101. The number of amides is 1. The first kappa shape index (κ1) is 19.3. The molecule has 0 radical (unpaired) electrons. The molecule has 4 heterocycles. The highest BCUT2D eigenvalue weighted by Crippen LogP contribution is 2.30. The van der Waals surface area contributed by atoms with Crippen LogP contribution >= 0.6 is 0 Å². The van der Waals surface area contributed by atoms with E-state index in [2.05, 4.69) is 16.7 Å². The maximum absolute atomic E-state index is 13.3. The third kappa shape index (κ3) is 3.43. The summed E-state index contributed by atoms with van der Waals surface area (Å²) in [5.41, 5.74) is 2.64. The van der Waals surface area contributed by atoms with Crippen molar-refractivity contribution in [2.75, 3.05) is 0 Å². The SMILES string of the molecule is C=CCn1c2cc(C)oc2c2cnn(CC(=O)N(Cc3ccncc3)C3CC3)c(=O)c21. The molecule has 8 heteroatoms. The number of rotatable bonds is 7. The molecule has 1 aliphatic carbocycles. The molecule has 4 aromatic heterocycles. The van der Waals surface area contributed by atoms with E-state index in [1.165, 1.54) is 4.68 Å². The van der Waals surface area contributed by atoms with Gasteiger partial charge in [-0.25, -0.2) is 4.68 Å². The van der Waals surface area contributed by atoms with Gasteiger partial charge < -0.3 is 13.9 Å². The van der Waals surface area contributed by atoms with Gasteiger partial charge in [-0.3, -0.25) is 14.6 Å². The molecule has 0 bridgehead atoms. The van der Waals surface area contributed by atoms with Crippen LogP contribution in [0.1, 0.15) is 24.2 Å². The molecule has 0 atom stereocenters. The third-order valence-corrected chi connectivity index (χ3v) is 5.67. The topological polar surface area (TPSA) is 86.2 Å². The quantitative estimate of drug-likeness (QED) is 0.432. The smallest absolute Gasteiger partial charge is 0.291 e. The first-order valence-corrected chi connectivity index (χ1v) is 10.3. The molecule has 1 saturated carbocycles. The summed E-state index contributed by atoms with van der Waals surface area (Å²) >= 11 is 0. The highest BCUT2D eigenvalue weighted by atomic mass is 16.3. The fourth-order valence-corrected chi connectivity index (χ4v) is 4.06. The van der Waals surface area contributed by atoms with Gasteiger partial charge in [-0.2, -0.15) is 5.10 Å². The van der Waals surface area contributed by atoms with Crippen molar-refractivity contribution in [1.82, 2.24) is 24.2 Å². The van der Waals surface area contributed by atoms with Gasteiger partial charge in [-0.05, 0) is 37.5 Å². The molecular formula is C23H23N5O3. The Balaban J connectivity index is 1.50. The Morgan fingerprint density at radius 2 is 2.13 bits per heavy atom. The van der Waals surface area contributed by atoms with E-state index in [0.717, 1.165) is 29.7 Å². The predicted octanol–water partition coefficient (Wildman–Crippen LogP) is 3.02. The normalized spacial score (nSPS) is 13.7. The monoisotopic (exact) mass is 417 g/mol. The van der Waals surface area contributed by atoms with Gasteiger partial charge in [0.25, 0.3) is 5.56 Å². The van der Waals surface area contributed by atoms with Crippen LogP contribution in [0.4, 0.5) is 0 Å². The van der Waals surface area contributed by atoms with Crippen LogP contribution in [0.2, 0.25) is 0 Å². The van der Waals surface area contributed by atoms with Crippen LogP contribution in [0.15, 0.2) is 58.7 Å². The van der Waals surface area contributed by atoms with Crippen molar-refractivity contribution in [1.29, 1.82) is 0 Å². The van der Waals surface area contributed by atoms with Crippen LogP contribution in [-0.2, 0) is 24.4 Å². The average molecular weight is 417 g/mol. The summed E-state index contributed by atoms with van der Waals surface area (Å²) in [4.78, 5) is 32.3. The maximum atomic E-state index is 13.3. The minimum atomic E-state index is -0.309. The molecule has 0 spiro atoms. The van der Waals surface area contributed by atoms with Crippen molar-refractivity contribution in [3.8, 4) is 0 Å². The molecule has 1 amide bonds. The Kier molecular flexibility index (Phi) is 4.69. The van der Waals surface area contributed by atoms with Gasteiger partial charge >= 0.3 is 0 Å². The number of allylic oxidation sites excluding steroid dienone is 1. The molecule has 158 valence electrons. The highest BCUT2D eigenvalue weighted by Gasteiger charge is 2.33. The van der Waals surface area contributed by atoms with Crippen molar-refractivity contribution in [2.24, 2.45) is 0 Å². The number of pyridine rings is 1. The zero-order valence-corrected chi connectivity index (χ0v) is 17.3. The highest BCUT2D eigenvalue weighted by molar-refractivity contribution is 6.04. The molecule has 4 aromatic rings. The van der Waals surface area contributed by atoms with Crippen LogP contribution in [0.5, 0.6) is 0 Å². The standard InChI is InChI=1S/C23H23N5O3/c1-3-10-26-19-11-15(2)31-22(19)18-12-25-28(23(30)21(18)26)14-20(29)27(17-4-5-17)13-16-6-8-24-9-7-16/h3,6-9,11-12,17H,1,4-5,10,13-14H2,2H3. The van der Waals surface area contributed by atoms with Gasteiger partial charge in [0.15, 0.2) is 5.58 Å². The zero-order chi connectivity index (χ0) is 21.5. The van der Waals surface area contributed by atoms with E-state index in [9.17, 15) is 9.59 Å². The summed E-state index contributed by atoms with van der Waals surface area (Å²) in [5.74, 6) is 0.648. The minimum Gasteiger partial charge on any atom is -0.459 e. The van der Waals surface area contributed by atoms with Crippen LogP contribution in [-0.4, -0.2) is 36.2 Å². The summed E-state index contributed by atoms with van der Waals surface area (Å²) in [6.07, 6.45) is 8.75. The lowest BCUT2D eigenvalue weighted by molar-refractivity contribution is -0.133. The van der Waals surface area contributed by atoms with Crippen molar-refractivity contribution in [2.45, 2.75) is 45.4 Å². The molecule has 5 rings (SSSR count). The van der Waals surface area contributed by atoms with E-state index < -0.39 is 0 Å². The second kappa shape index (κ2) is 7.54. The molecule has 0 unspecified atom stereocenters. The number of carbonyl (C=O) groups excluding carboxylic acids is 1. The Morgan fingerprint density at radius 3 is 2.84 bits per heavy atom. The van der Waals surface area contributed by atoms with Crippen LogP contribution in [0, 0.1) is 6.92 Å². The van der Waals surface area contributed by atoms with Crippen LogP contribution in [0.25, 0.3) is 22.0 Å². The Bertz CT molecular complexity index is 1340. The molecule has 0 aromatic carbocycles. The number of nitrogens with zero attached hydrogens (tertiary/aromatic N) is 5. The lowest BCUT2D eigenvalue weighted by Gasteiger charge is -2.22. The number of furan rings is 1. The molecule has 8 nitrogen and oxygen atoms in total. The van der Waals surface area contributed by atoms with E-state index in [0.29, 0.717) is 29.6 Å². The van der Waals surface area contributed by atoms with Gasteiger partial charge in [0.1, 0.15) is 17.8 Å². The Morgan fingerprint density at radius 1 is 1.35 bits per heavy atom. The fourth-order valence-electron chi connectivity index (χ4n) is 4.06. The van der Waals surface area contributed by atoms with Gasteiger partial charge in [-0.1, -0.05) is 6.08 Å². The number of carbonyl (C=O) groups is 1. The number of aromatic nitrogens is 4. The summed E-state index contributed by atoms with van der Waals surface area (Å²) in [6, 6.07) is 5.92. The van der Waals surface area contributed by atoms with Crippen LogP contribution < -0.4 is 5.56 Å². The number of hydrogen-bond acceptors (Lipinski definition) is 5. The first-order chi connectivity index (χ1) is 15.1. The lowest BCUT2D eigenvalue weighted by atomic mass is 10.2. The largest absolute Gasteiger partial charge is 0.459 e. The second-order valence-corrected chi connectivity index (χ2v) is 7.95. The average Bonchev–Trinajstić information content (AvgIpc) is 3.47. The van der Waals surface area contributed by atoms with Gasteiger partial charge in [0.05, 0.1) is 17.1 Å². The van der Waals surface area contributed by atoms with Crippen molar-refractivity contribution >= 4 is 27.9 Å². The number of aryl methyl sites for hydroxylation is 1. The molecule has 1 fully saturated rings. The van der Waals surface area contributed by atoms with Crippen molar-refractivity contribution in [3.63, 3.8) is 0 Å². The molecule has 1 aliphatic rings. The first-order valence-electron chi connectivity index (χ1n) is 10.3. The van der Waals surface area contributed by atoms with Gasteiger partial charge in [-0.15, -0.1) is 6.58 Å². The fraction of sp³-hybridized carbons (Fsp3) is 0.304. The second-order valence-electron chi connectivity index (χ2n) is 7.95. The summed E-state index contributed by atoms with van der Waals surface area (Å²) in [6.45, 7) is 6.53. The summed E-state index contributed by atoms with van der Waals surface area (Å²) in [7, 11) is 0. The van der Waals surface area contributed by atoms with E-state index in [-0.39, 0.29) is 24.1 Å². The number of hydrogen-bond donors (Lipinski definition) is 0. The molecule has 0 aliphatic heterocycles. The molecule has 0 N–H and O–H groups in total. The summed E-state index contributed by atoms with van der Waals surface area (Å²) in [5, 5.41) is 4.94. The Labute approximate surface area is 178 Å². The van der Waals surface area contributed by atoms with Gasteiger partial charge in [0, 0.05) is 37.6 Å². The van der Waals surface area contributed by atoms with E-state index >= 15 is 0 Å².